The summed E-state index contributed by atoms with van der Waals surface area (Å²) in [5.74, 6) is -1.80. The van der Waals surface area contributed by atoms with E-state index in [0.29, 0.717) is 22.4 Å². The molecular weight excluding hydrogens is 343 g/mol. The van der Waals surface area contributed by atoms with Crippen LogP contribution in [0.4, 0.5) is 21.6 Å². The molecule has 3 heterocycles. The average Bonchev–Trinajstić information content (AvgIpc) is 3.18. The maximum Gasteiger partial charge on any atom is 0.326 e. The molecule has 24 heavy (non-hydrogen) atoms. The highest BCUT2D eigenvalue weighted by Crippen LogP contribution is 2.44. The van der Waals surface area contributed by atoms with Crippen LogP contribution in [0, 0.1) is 5.82 Å². The van der Waals surface area contributed by atoms with E-state index in [1.165, 1.54) is 12.3 Å². The molecule has 1 saturated heterocycles. The number of nitrogens with one attached hydrogen (secondary N) is 2. The number of amides is 1. The van der Waals surface area contributed by atoms with Crippen LogP contribution in [0.3, 0.4) is 0 Å². The Labute approximate surface area is 135 Å². The van der Waals surface area contributed by atoms with E-state index in [9.17, 15) is 22.7 Å². The third-order valence-electron chi connectivity index (χ3n) is 3.92. The second-order valence-electron chi connectivity index (χ2n) is 5.32. The van der Waals surface area contributed by atoms with E-state index in [-0.39, 0.29) is 12.0 Å². The van der Waals surface area contributed by atoms with Crippen LogP contribution in [-0.4, -0.2) is 47.9 Å². The lowest BCUT2D eigenvalue weighted by Gasteiger charge is -2.20. The van der Waals surface area contributed by atoms with Gasteiger partial charge in [-0.05, 0) is 6.42 Å². The van der Waals surface area contributed by atoms with Crippen LogP contribution in [0.2, 0.25) is 0 Å². The zero-order chi connectivity index (χ0) is 17.1. The van der Waals surface area contributed by atoms with Gasteiger partial charge in [-0.1, -0.05) is 0 Å². The van der Waals surface area contributed by atoms with Gasteiger partial charge in [0.15, 0.2) is 11.6 Å². The van der Waals surface area contributed by atoms with Gasteiger partial charge < -0.3 is 10.0 Å². The maximum atomic E-state index is 14.9. The Bertz CT molecular complexity index is 945. The molecule has 0 spiro atoms. The predicted molar refractivity (Wildman–Crippen MR) is 79.6 cm³/mol. The summed E-state index contributed by atoms with van der Waals surface area (Å²) in [6, 6.07) is 1.26. The number of carbonyl (C=O) groups is 1. The van der Waals surface area contributed by atoms with Gasteiger partial charge in [-0.15, -0.1) is 5.10 Å². The van der Waals surface area contributed by atoms with Crippen molar-refractivity contribution < 1.29 is 22.7 Å². The number of aromatic nitrogens is 3. The van der Waals surface area contributed by atoms with Crippen molar-refractivity contribution in [3.63, 3.8) is 0 Å². The molecule has 0 radical (unpaired) electrons. The number of rotatable bonds is 2. The maximum absolute atomic E-state index is 14.9. The molecule has 0 saturated carbocycles. The van der Waals surface area contributed by atoms with Gasteiger partial charge in [-0.3, -0.25) is 4.79 Å². The van der Waals surface area contributed by atoms with Gasteiger partial charge in [-0.2, -0.15) is 18.7 Å². The van der Waals surface area contributed by atoms with Crippen LogP contribution < -0.4 is 13.9 Å². The number of aromatic hydroxyl groups is 1. The number of phenolic OH excluding ortho intramolecular Hbond substituents is 1. The summed E-state index contributed by atoms with van der Waals surface area (Å²) in [7, 11) is -4.22. The number of nitrogens with zero attached hydrogens (tertiary/aromatic N) is 4. The number of halogens is 1. The van der Waals surface area contributed by atoms with Crippen molar-refractivity contribution in [2.24, 2.45) is 0 Å². The van der Waals surface area contributed by atoms with Crippen LogP contribution in [-0.2, 0) is 21.4 Å². The molecule has 126 valence electrons. The van der Waals surface area contributed by atoms with E-state index < -0.39 is 39.9 Å². The molecule has 1 fully saturated rings. The highest BCUT2D eigenvalue weighted by Gasteiger charge is 2.39. The summed E-state index contributed by atoms with van der Waals surface area (Å²) in [6.45, 7) is -0.190. The Morgan fingerprint density at radius 3 is 2.79 bits per heavy atom. The van der Waals surface area contributed by atoms with Crippen molar-refractivity contribution in [1.82, 2.24) is 20.1 Å². The lowest BCUT2D eigenvalue weighted by molar-refractivity contribution is -0.117. The summed E-state index contributed by atoms with van der Waals surface area (Å²) in [5.41, 5.74) is 0.0768. The van der Waals surface area contributed by atoms with Crippen molar-refractivity contribution in [3.8, 4) is 5.75 Å². The van der Waals surface area contributed by atoms with Gasteiger partial charge in [0, 0.05) is 18.2 Å². The topological polar surface area (TPSA) is 132 Å². The molecule has 2 aliphatic rings. The Kier molecular flexibility index (Phi) is 2.94. The highest BCUT2D eigenvalue weighted by atomic mass is 32.2. The van der Waals surface area contributed by atoms with Crippen molar-refractivity contribution in [3.05, 3.63) is 23.6 Å². The molecule has 1 aromatic carbocycles. The number of phenols is 1. The van der Waals surface area contributed by atoms with Gasteiger partial charge in [0.2, 0.25) is 0 Å². The van der Waals surface area contributed by atoms with Crippen molar-refractivity contribution in [2.45, 2.75) is 6.42 Å². The zero-order valence-corrected chi connectivity index (χ0v) is 12.8. The van der Waals surface area contributed by atoms with Gasteiger partial charge in [0.05, 0.1) is 11.9 Å². The van der Waals surface area contributed by atoms with Gasteiger partial charge in [-0.25, -0.2) is 13.4 Å². The number of hydrogen-bond donors (Lipinski definition) is 3. The number of hydrogen-bond acceptors (Lipinski definition) is 7. The normalized spacial score (nSPS) is 18.8. The standard InChI is InChI=1S/C12H11FN6O4S/c13-11-6-1-2-18(9-4-14-17-15-9)7(6)3-8(20)12(11)19-5-10(21)16-24(19,22)23/h3-4,20H,1-2,5H2,(H,16,21)(H,14,15,17). The Balaban J connectivity index is 1.84. The molecule has 1 aromatic heterocycles. The number of benzene rings is 1. The smallest absolute Gasteiger partial charge is 0.326 e. The molecule has 12 heteroatoms. The first-order valence-electron chi connectivity index (χ1n) is 6.89. The van der Waals surface area contributed by atoms with Gasteiger partial charge in [0.25, 0.3) is 5.91 Å². The van der Waals surface area contributed by atoms with Crippen LogP contribution in [0.15, 0.2) is 12.3 Å². The summed E-state index contributed by atoms with van der Waals surface area (Å²) in [4.78, 5) is 13.0. The van der Waals surface area contributed by atoms with Crippen LogP contribution in [0.1, 0.15) is 5.56 Å². The number of carbonyl (C=O) groups excluding carboxylic acids is 1. The Morgan fingerprint density at radius 1 is 1.38 bits per heavy atom. The fourth-order valence-corrected chi connectivity index (χ4v) is 4.09. The fraction of sp³-hybridized carbons (Fsp3) is 0.250. The summed E-state index contributed by atoms with van der Waals surface area (Å²) >= 11 is 0. The summed E-state index contributed by atoms with van der Waals surface area (Å²) in [5, 5.41) is 20.2. The molecule has 0 bridgehead atoms. The highest BCUT2D eigenvalue weighted by molar-refractivity contribution is 7.92. The second-order valence-corrected chi connectivity index (χ2v) is 6.92. The molecule has 0 atom stereocenters. The first-order valence-corrected chi connectivity index (χ1v) is 8.33. The second kappa shape index (κ2) is 4.80. The minimum Gasteiger partial charge on any atom is -0.506 e. The van der Waals surface area contributed by atoms with Crippen molar-refractivity contribution in [2.75, 3.05) is 22.3 Å². The molecule has 0 aliphatic carbocycles. The summed E-state index contributed by atoms with van der Waals surface area (Å²) < 4.78 is 41.0. The largest absolute Gasteiger partial charge is 0.506 e. The molecule has 3 N–H and O–H groups in total. The van der Waals surface area contributed by atoms with Gasteiger partial charge >= 0.3 is 10.2 Å². The number of H-pyrrole nitrogens is 1. The van der Waals surface area contributed by atoms with E-state index in [2.05, 4.69) is 15.4 Å². The molecular formula is C12H11FN6O4S. The summed E-state index contributed by atoms with van der Waals surface area (Å²) in [6.07, 6.45) is 1.74. The number of anilines is 3. The molecule has 1 amide bonds. The number of aromatic amines is 1. The first kappa shape index (κ1) is 14.7. The van der Waals surface area contributed by atoms with E-state index in [0.717, 1.165) is 0 Å². The van der Waals surface area contributed by atoms with E-state index >= 15 is 0 Å². The van der Waals surface area contributed by atoms with Crippen molar-refractivity contribution >= 4 is 33.3 Å². The zero-order valence-electron chi connectivity index (χ0n) is 12.0. The van der Waals surface area contributed by atoms with Gasteiger partial charge in [0.1, 0.15) is 18.0 Å². The minimum absolute atomic E-state index is 0.236. The lowest BCUT2D eigenvalue weighted by atomic mass is 10.1. The first-order chi connectivity index (χ1) is 11.4. The minimum atomic E-state index is -4.22. The molecule has 10 nitrogen and oxygen atoms in total. The van der Waals surface area contributed by atoms with Crippen molar-refractivity contribution in [1.29, 1.82) is 0 Å². The number of fused-ring (bicyclic) bond motifs is 1. The molecule has 4 rings (SSSR count). The average molecular weight is 354 g/mol. The van der Waals surface area contributed by atoms with E-state index in [1.54, 1.807) is 9.62 Å². The predicted octanol–water partition coefficient (Wildman–Crippen LogP) is -0.475. The van der Waals surface area contributed by atoms with Crippen LogP contribution in [0.25, 0.3) is 0 Å². The fourth-order valence-electron chi connectivity index (χ4n) is 2.92. The molecule has 2 aromatic rings. The molecule has 0 unspecified atom stereocenters. The SMILES string of the molecule is O=C1CN(c2c(O)cc3c(c2F)CCN3c2cn[nH]n2)S(=O)(=O)N1. The third kappa shape index (κ3) is 1.99. The van der Waals surface area contributed by atoms with E-state index in [4.69, 9.17) is 0 Å². The quantitative estimate of drug-likeness (QED) is 0.664. The Morgan fingerprint density at radius 2 is 2.17 bits per heavy atom. The van der Waals surface area contributed by atoms with E-state index in [1.807, 2.05) is 0 Å². The monoisotopic (exact) mass is 354 g/mol. The molecule has 2 aliphatic heterocycles. The Hall–Kier alpha value is -2.89. The van der Waals surface area contributed by atoms with Crippen LogP contribution >= 0.6 is 0 Å². The van der Waals surface area contributed by atoms with Crippen LogP contribution in [0.5, 0.6) is 5.75 Å². The lowest BCUT2D eigenvalue weighted by Crippen LogP contribution is -2.30. The third-order valence-corrected chi connectivity index (χ3v) is 5.30.